The van der Waals surface area contributed by atoms with Crippen LogP contribution < -0.4 is 9.64 Å². The smallest absolute Gasteiger partial charge is 0.301 e. The monoisotopic (exact) mass is 500 g/mol. The maximum Gasteiger partial charge on any atom is 0.301 e. The fraction of sp³-hybridized carbons (Fsp3) is 0.179. The van der Waals surface area contributed by atoms with Gasteiger partial charge in [-0.15, -0.1) is 0 Å². The van der Waals surface area contributed by atoms with Crippen LogP contribution in [0.1, 0.15) is 35.2 Å². The number of aromatic nitrogens is 1. The molecule has 4 aromatic rings. The van der Waals surface area contributed by atoms with Crippen molar-refractivity contribution in [1.82, 2.24) is 4.98 Å². The lowest BCUT2D eigenvalue weighted by Crippen LogP contribution is -2.29. The van der Waals surface area contributed by atoms with Gasteiger partial charge in [0.05, 0.1) is 21.8 Å². The van der Waals surface area contributed by atoms with E-state index in [1.54, 1.807) is 18.2 Å². The average Bonchev–Trinajstić information content (AvgIpc) is 3.51. The van der Waals surface area contributed by atoms with Gasteiger partial charge in [-0.1, -0.05) is 29.5 Å². The molecule has 8 heteroatoms. The zero-order valence-electron chi connectivity index (χ0n) is 19.5. The number of rotatable bonds is 3. The fourth-order valence-corrected chi connectivity index (χ4v) is 5.93. The minimum Gasteiger partial charge on any atom is -0.507 e. The van der Waals surface area contributed by atoms with Crippen LogP contribution in [0.5, 0.6) is 5.75 Å². The number of anilines is 1. The summed E-state index contributed by atoms with van der Waals surface area (Å²) in [7, 11) is 0. The molecular formula is C28H21FN2O4S. The topological polar surface area (TPSA) is 79.7 Å². The Hall–Kier alpha value is -4.04. The van der Waals surface area contributed by atoms with Crippen molar-refractivity contribution in [3.05, 3.63) is 94.3 Å². The third kappa shape index (κ3) is 3.56. The highest BCUT2D eigenvalue weighted by Crippen LogP contribution is 2.45. The molecule has 0 saturated carbocycles. The summed E-state index contributed by atoms with van der Waals surface area (Å²) in [6, 6.07) is 15.6. The van der Waals surface area contributed by atoms with Crippen molar-refractivity contribution in [2.24, 2.45) is 0 Å². The van der Waals surface area contributed by atoms with E-state index in [9.17, 15) is 19.1 Å². The van der Waals surface area contributed by atoms with E-state index >= 15 is 0 Å². The molecule has 36 heavy (non-hydrogen) atoms. The molecule has 0 bridgehead atoms. The highest BCUT2D eigenvalue weighted by atomic mass is 32.1. The van der Waals surface area contributed by atoms with Gasteiger partial charge in [0, 0.05) is 12.0 Å². The largest absolute Gasteiger partial charge is 0.507 e. The third-order valence-corrected chi connectivity index (χ3v) is 7.56. The molecule has 2 atom stereocenters. The summed E-state index contributed by atoms with van der Waals surface area (Å²) in [5.74, 6) is -1.61. The van der Waals surface area contributed by atoms with Gasteiger partial charge in [0.2, 0.25) is 0 Å². The van der Waals surface area contributed by atoms with Gasteiger partial charge in [-0.25, -0.2) is 9.37 Å². The van der Waals surface area contributed by atoms with E-state index in [4.69, 9.17) is 4.74 Å². The molecule has 0 spiro atoms. The summed E-state index contributed by atoms with van der Waals surface area (Å²) in [4.78, 5) is 32.7. The highest BCUT2D eigenvalue weighted by molar-refractivity contribution is 7.22. The second kappa shape index (κ2) is 8.27. The molecule has 180 valence electrons. The van der Waals surface area contributed by atoms with E-state index in [1.807, 2.05) is 32.0 Å². The predicted octanol–water partition coefficient (Wildman–Crippen LogP) is 5.69. The zero-order valence-corrected chi connectivity index (χ0v) is 20.3. The number of ketones is 1. The predicted molar refractivity (Wildman–Crippen MR) is 136 cm³/mol. The van der Waals surface area contributed by atoms with Crippen LogP contribution >= 0.6 is 11.3 Å². The van der Waals surface area contributed by atoms with Crippen molar-refractivity contribution in [3.63, 3.8) is 0 Å². The molecule has 0 aliphatic carbocycles. The van der Waals surface area contributed by atoms with Gasteiger partial charge in [0.25, 0.3) is 5.78 Å². The number of aliphatic hydroxyl groups is 1. The number of nitrogens with zero attached hydrogens (tertiary/aromatic N) is 2. The maximum atomic E-state index is 13.8. The number of halogens is 1. The lowest BCUT2D eigenvalue weighted by molar-refractivity contribution is -0.132. The molecule has 6 nitrogen and oxygen atoms in total. The fourth-order valence-electron chi connectivity index (χ4n) is 4.84. The first-order chi connectivity index (χ1) is 17.3. The number of thiazole rings is 1. The third-order valence-electron chi connectivity index (χ3n) is 6.54. The van der Waals surface area contributed by atoms with Crippen molar-refractivity contribution < 1.29 is 23.8 Å². The summed E-state index contributed by atoms with van der Waals surface area (Å²) < 4.78 is 20.4. The number of carbonyl (C=O) groups is 2. The SMILES string of the molecule is Cc1ccc2nc(N3C(=O)C(=O)C(=C(O)c4ccc5c(c4)C[C@@H](C)O5)[C@H]3c3ccc(F)cc3)sc2c1. The summed E-state index contributed by atoms with van der Waals surface area (Å²) in [6.45, 7) is 3.92. The molecular weight excluding hydrogens is 479 g/mol. The molecule has 0 radical (unpaired) electrons. The van der Waals surface area contributed by atoms with Gasteiger partial charge >= 0.3 is 5.91 Å². The lowest BCUT2D eigenvalue weighted by atomic mass is 9.94. The number of aliphatic hydroxyl groups excluding tert-OH is 1. The average molecular weight is 501 g/mol. The minimum atomic E-state index is -0.962. The molecule has 1 saturated heterocycles. The van der Waals surface area contributed by atoms with Crippen LogP contribution in [-0.2, 0) is 16.0 Å². The van der Waals surface area contributed by atoms with Gasteiger partial charge in [-0.3, -0.25) is 14.5 Å². The first kappa shape index (κ1) is 22.4. The summed E-state index contributed by atoms with van der Waals surface area (Å²) >= 11 is 1.29. The number of aryl methyl sites for hydroxylation is 1. The number of ether oxygens (including phenoxy) is 1. The van der Waals surface area contributed by atoms with E-state index in [2.05, 4.69) is 4.98 Å². The summed E-state index contributed by atoms with van der Waals surface area (Å²) in [6.07, 6.45) is 0.696. The molecule has 0 unspecified atom stereocenters. The van der Waals surface area contributed by atoms with Crippen molar-refractivity contribution in [3.8, 4) is 5.75 Å². The van der Waals surface area contributed by atoms with Crippen LogP contribution in [0, 0.1) is 12.7 Å². The van der Waals surface area contributed by atoms with Crippen LogP contribution in [0.2, 0.25) is 0 Å². The van der Waals surface area contributed by atoms with Gasteiger partial charge in [-0.05, 0) is 73.0 Å². The molecule has 1 N–H and O–H groups in total. The number of benzene rings is 3. The second-order valence-corrected chi connectivity index (χ2v) is 10.2. The molecule has 6 rings (SSSR count). The van der Waals surface area contributed by atoms with Crippen molar-refractivity contribution in [2.75, 3.05) is 4.90 Å². The van der Waals surface area contributed by atoms with Gasteiger partial charge in [-0.2, -0.15) is 0 Å². The van der Waals surface area contributed by atoms with E-state index in [-0.39, 0.29) is 17.4 Å². The number of hydrogen-bond acceptors (Lipinski definition) is 6. The normalized spacial score (nSPS) is 20.7. The Bertz CT molecular complexity index is 1590. The van der Waals surface area contributed by atoms with Crippen molar-refractivity contribution in [1.29, 1.82) is 0 Å². The number of carbonyl (C=O) groups excluding carboxylic acids is 2. The van der Waals surface area contributed by atoms with Gasteiger partial charge in [0.1, 0.15) is 23.4 Å². The minimum absolute atomic E-state index is 0.0184. The van der Waals surface area contributed by atoms with Crippen LogP contribution in [-0.4, -0.2) is 27.9 Å². The second-order valence-electron chi connectivity index (χ2n) is 9.14. The zero-order chi connectivity index (χ0) is 25.1. The maximum absolute atomic E-state index is 13.8. The van der Waals surface area contributed by atoms with Crippen LogP contribution in [0.3, 0.4) is 0 Å². The number of Topliss-reactive ketones (excluding diaryl/α,β-unsaturated/α-hetero) is 1. The first-order valence-corrected chi connectivity index (χ1v) is 12.4. The molecule has 1 aromatic heterocycles. The van der Waals surface area contributed by atoms with Crippen LogP contribution in [0.15, 0.2) is 66.2 Å². The molecule has 1 amide bonds. The van der Waals surface area contributed by atoms with E-state index in [1.165, 1.54) is 40.5 Å². The Morgan fingerprint density at radius 2 is 1.89 bits per heavy atom. The van der Waals surface area contributed by atoms with Crippen LogP contribution in [0.4, 0.5) is 9.52 Å². The molecule has 1 fully saturated rings. The Kier molecular flexibility index (Phi) is 5.15. The Morgan fingerprint density at radius 1 is 1.11 bits per heavy atom. The van der Waals surface area contributed by atoms with Gasteiger partial charge in [0.15, 0.2) is 5.13 Å². The van der Waals surface area contributed by atoms with E-state index < -0.39 is 23.5 Å². The van der Waals surface area contributed by atoms with Gasteiger partial charge < -0.3 is 9.84 Å². The standard InChI is InChI=1S/C28H21FN2O4S/c1-14-3-9-20-22(11-14)36-28(30-20)31-24(16-4-7-19(29)8-5-16)23(26(33)27(31)34)25(32)17-6-10-21-18(13-17)12-15(2)35-21/h3-11,13,15,24,32H,12H2,1-2H3/t15-,24-/m1/s1. The number of amides is 1. The molecule has 3 heterocycles. The van der Waals surface area contributed by atoms with Crippen LogP contribution in [0.25, 0.3) is 16.0 Å². The number of hydrogen-bond donors (Lipinski definition) is 1. The van der Waals surface area contributed by atoms with E-state index in [0.29, 0.717) is 28.2 Å². The molecule has 3 aromatic carbocycles. The van der Waals surface area contributed by atoms with E-state index in [0.717, 1.165) is 21.6 Å². The summed E-state index contributed by atoms with van der Waals surface area (Å²) in [5, 5.41) is 11.7. The van der Waals surface area contributed by atoms with Crippen molar-refractivity contribution >= 4 is 44.1 Å². The Morgan fingerprint density at radius 3 is 2.67 bits per heavy atom. The number of fused-ring (bicyclic) bond motifs is 2. The molecule has 2 aliphatic heterocycles. The first-order valence-electron chi connectivity index (χ1n) is 11.5. The molecule has 2 aliphatic rings. The highest BCUT2D eigenvalue weighted by Gasteiger charge is 2.48. The summed E-state index contributed by atoms with van der Waals surface area (Å²) in [5.41, 5.74) is 3.51. The quantitative estimate of drug-likeness (QED) is 0.222. The Labute approximate surface area is 210 Å². The lowest BCUT2D eigenvalue weighted by Gasteiger charge is -2.23. The van der Waals surface area contributed by atoms with Crippen molar-refractivity contribution in [2.45, 2.75) is 32.4 Å². The Balaban J connectivity index is 1.53.